The molecule has 1 aromatic carbocycles. The van der Waals surface area contributed by atoms with Crippen molar-refractivity contribution < 1.29 is 9.18 Å². The van der Waals surface area contributed by atoms with Gasteiger partial charge in [-0.25, -0.2) is 4.39 Å². The van der Waals surface area contributed by atoms with Gasteiger partial charge in [0.15, 0.2) is 5.67 Å². The van der Waals surface area contributed by atoms with Gasteiger partial charge in [0.25, 0.3) is 0 Å². The topological polar surface area (TPSA) is 32.3 Å². The number of carbonyl (C=O) groups excluding carboxylic acids is 1. The van der Waals surface area contributed by atoms with Gasteiger partial charge in [0.05, 0.1) is 12.5 Å². The van der Waals surface area contributed by atoms with Gasteiger partial charge in [0.1, 0.15) is 0 Å². The summed E-state index contributed by atoms with van der Waals surface area (Å²) in [6.07, 6.45) is 0.620. The van der Waals surface area contributed by atoms with E-state index in [0.717, 1.165) is 13.1 Å². The summed E-state index contributed by atoms with van der Waals surface area (Å²) < 4.78 is 14.6. The molecule has 2 heterocycles. The van der Waals surface area contributed by atoms with Crippen LogP contribution in [0.1, 0.15) is 12.0 Å². The van der Waals surface area contributed by atoms with Crippen LogP contribution in [0.25, 0.3) is 0 Å². The summed E-state index contributed by atoms with van der Waals surface area (Å²) in [6.45, 7) is 2.07. The number of halogens is 1. The number of alkyl halides is 1. The van der Waals surface area contributed by atoms with Crippen molar-refractivity contribution in [2.75, 3.05) is 19.6 Å². The van der Waals surface area contributed by atoms with Crippen molar-refractivity contribution in [3.05, 3.63) is 35.9 Å². The second-order valence-corrected chi connectivity index (χ2v) is 5.29. The maximum Gasteiger partial charge on any atom is 0.226 e. The van der Waals surface area contributed by atoms with E-state index >= 15 is 0 Å². The van der Waals surface area contributed by atoms with E-state index in [1.165, 1.54) is 5.56 Å². The highest BCUT2D eigenvalue weighted by atomic mass is 19.1. The third kappa shape index (κ3) is 2.01. The summed E-state index contributed by atoms with van der Waals surface area (Å²) in [5.41, 5.74) is -0.179. The van der Waals surface area contributed by atoms with Gasteiger partial charge < -0.3 is 5.32 Å². The number of likely N-dealkylation sites (tertiary alicyclic amines) is 1. The van der Waals surface area contributed by atoms with Crippen molar-refractivity contribution in [2.24, 2.45) is 5.92 Å². The Bertz CT molecular complexity index is 450. The summed E-state index contributed by atoms with van der Waals surface area (Å²) in [5, 5.41) is 2.65. The van der Waals surface area contributed by atoms with Crippen LogP contribution in [-0.4, -0.2) is 36.1 Å². The molecule has 2 aliphatic heterocycles. The first-order valence-corrected chi connectivity index (χ1v) is 6.40. The largest absolute Gasteiger partial charge is 0.352 e. The minimum Gasteiger partial charge on any atom is -0.352 e. The minimum absolute atomic E-state index is 0.114. The van der Waals surface area contributed by atoms with Gasteiger partial charge in [-0.1, -0.05) is 30.3 Å². The van der Waals surface area contributed by atoms with Crippen LogP contribution < -0.4 is 5.32 Å². The van der Waals surface area contributed by atoms with Gasteiger partial charge in [-0.3, -0.25) is 9.69 Å². The fraction of sp³-hybridized carbons (Fsp3) is 0.500. The third-order valence-electron chi connectivity index (χ3n) is 3.97. The molecule has 18 heavy (non-hydrogen) atoms. The number of piperidine rings is 1. The molecule has 1 amide bonds. The average molecular weight is 248 g/mol. The number of rotatable bonds is 2. The van der Waals surface area contributed by atoms with E-state index in [9.17, 15) is 9.18 Å². The van der Waals surface area contributed by atoms with Crippen molar-refractivity contribution in [1.29, 1.82) is 0 Å². The molecule has 1 N–H and O–H groups in total. The first kappa shape index (κ1) is 11.7. The van der Waals surface area contributed by atoms with Crippen LogP contribution in [0, 0.1) is 5.92 Å². The van der Waals surface area contributed by atoms with Crippen molar-refractivity contribution in [3.8, 4) is 0 Å². The zero-order valence-corrected chi connectivity index (χ0v) is 10.2. The molecule has 0 spiro atoms. The minimum atomic E-state index is -1.37. The number of benzene rings is 1. The summed E-state index contributed by atoms with van der Waals surface area (Å²) in [5.74, 6) is -0.554. The number of nitrogens with one attached hydrogen (secondary N) is 1. The Morgan fingerprint density at radius 2 is 2.17 bits per heavy atom. The maximum absolute atomic E-state index is 14.6. The van der Waals surface area contributed by atoms with Crippen molar-refractivity contribution in [3.63, 3.8) is 0 Å². The smallest absolute Gasteiger partial charge is 0.226 e. The van der Waals surface area contributed by atoms with E-state index < -0.39 is 11.6 Å². The van der Waals surface area contributed by atoms with Crippen molar-refractivity contribution in [2.45, 2.75) is 18.6 Å². The number of amides is 1. The standard InChI is InChI=1S/C14H17FN2O/c15-14-9-16-13(18)12(14)6-7-17(10-14)8-11-4-2-1-3-5-11/h1-5,12H,6-10H2,(H,16,18)/t12-,14+/m0/s1. The molecule has 2 fully saturated rings. The Labute approximate surface area is 106 Å². The van der Waals surface area contributed by atoms with Gasteiger partial charge in [0, 0.05) is 13.1 Å². The Hall–Kier alpha value is -1.42. The molecule has 0 unspecified atom stereocenters. The normalized spacial score (nSPS) is 32.1. The monoisotopic (exact) mass is 248 g/mol. The van der Waals surface area contributed by atoms with Crippen LogP contribution >= 0.6 is 0 Å². The summed E-state index contributed by atoms with van der Waals surface area (Å²) in [7, 11) is 0. The molecule has 3 nitrogen and oxygen atoms in total. The third-order valence-corrected chi connectivity index (χ3v) is 3.97. The Morgan fingerprint density at radius 1 is 1.39 bits per heavy atom. The van der Waals surface area contributed by atoms with Gasteiger partial charge in [-0.2, -0.15) is 0 Å². The summed E-state index contributed by atoms with van der Waals surface area (Å²) >= 11 is 0. The van der Waals surface area contributed by atoms with E-state index in [0.29, 0.717) is 13.0 Å². The molecule has 2 atom stereocenters. The van der Waals surface area contributed by atoms with Crippen LogP contribution in [0.3, 0.4) is 0 Å². The zero-order valence-electron chi connectivity index (χ0n) is 10.2. The molecule has 96 valence electrons. The molecule has 3 rings (SSSR count). The van der Waals surface area contributed by atoms with Crippen LogP contribution in [0.2, 0.25) is 0 Å². The molecule has 0 bridgehead atoms. The SMILES string of the molecule is O=C1NC[C@@]2(F)CN(Cc3ccccc3)CC[C@@H]12. The molecule has 0 aromatic heterocycles. The second-order valence-electron chi connectivity index (χ2n) is 5.29. The maximum atomic E-state index is 14.6. The molecular formula is C14H17FN2O. The van der Waals surface area contributed by atoms with E-state index in [4.69, 9.17) is 0 Å². The molecule has 0 aliphatic carbocycles. The van der Waals surface area contributed by atoms with E-state index in [1.54, 1.807) is 0 Å². The molecule has 2 saturated heterocycles. The van der Waals surface area contributed by atoms with E-state index in [2.05, 4.69) is 22.3 Å². The van der Waals surface area contributed by atoms with Gasteiger partial charge in [-0.05, 0) is 18.5 Å². The number of hydrogen-bond acceptors (Lipinski definition) is 2. The average Bonchev–Trinajstić information content (AvgIpc) is 2.66. The predicted octanol–water partition coefficient (Wildman–Crippen LogP) is 1.35. The molecule has 4 heteroatoms. The van der Waals surface area contributed by atoms with E-state index in [1.807, 2.05) is 18.2 Å². The van der Waals surface area contributed by atoms with Crippen LogP contribution in [0.5, 0.6) is 0 Å². The first-order chi connectivity index (χ1) is 8.67. The number of nitrogens with zero attached hydrogens (tertiary/aromatic N) is 1. The first-order valence-electron chi connectivity index (χ1n) is 6.40. The predicted molar refractivity (Wildman–Crippen MR) is 66.7 cm³/mol. The molecule has 2 aliphatic rings. The van der Waals surface area contributed by atoms with Crippen molar-refractivity contribution >= 4 is 5.91 Å². The quantitative estimate of drug-likeness (QED) is 0.856. The lowest BCUT2D eigenvalue weighted by atomic mass is 9.85. The number of carbonyl (C=O) groups is 1. The highest BCUT2D eigenvalue weighted by Gasteiger charge is 2.52. The molecule has 0 saturated carbocycles. The lowest BCUT2D eigenvalue weighted by Crippen LogP contribution is -2.51. The Morgan fingerprint density at radius 3 is 2.94 bits per heavy atom. The molecule has 1 aromatic rings. The van der Waals surface area contributed by atoms with Gasteiger partial charge in [-0.15, -0.1) is 0 Å². The fourth-order valence-corrected chi connectivity index (χ4v) is 3.01. The van der Waals surface area contributed by atoms with Gasteiger partial charge in [0.2, 0.25) is 5.91 Å². The second kappa shape index (κ2) is 4.35. The zero-order chi connectivity index (χ0) is 12.6. The Kier molecular flexibility index (Phi) is 2.82. The number of fused-ring (bicyclic) bond motifs is 1. The van der Waals surface area contributed by atoms with E-state index in [-0.39, 0.29) is 12.5 Å². The number of hydrogen-bond donors (Lipinski definition) is 1. The van der Waals surface area contributed by atoms with Crippen LogP contribution in [0.4, 0.5) is 4.39 Å². The summed E-state index contributed by atoms with van der Waals surface area (Å²) in [6, 6.07) is 10.1. The lowest BCUT2D eigenvalue weighted by molar-refractivity contribution is -0.126. The highest BCUT2D eigenvalue weighted by Crippen LogP contribution is 2.35. The van der Waals surface area contributed by atoms with Gasteiger partial charge >= 0.3 is 0 Å². The van der Waals surface area contributed by atoms with Crippen molar-refractivity contribution in [1.82, 2.24) is 10.2 Å². The Balaban J connectivity index is 1.69. The summed E-state index contributed by atoms with van der Waals surface area (Å²) in [4.78, 5) is 13.6. The fourth-order valence-electron chi connectivity index (χ4n) is 3.01. The molecular weight excluding hydrogens is 231 g/mol. The van der Waals surface area contributed by atoms with Crippen LogP contribution in [-0.2, 0) is 11.3 Å². The lowest BCUT2D eigenvalue weighted by Gasteiger charge is -2.37. The molecule has 0 radical (unpaired) electrons. The van der Waals surface area contributed by atoms with Crippen LogP contribution in [0.15, 0.2) is 30.3 Å². The highest BCUT2D eigenvalue weighted by molar-refractivity contribution is 5.83.